The number of nitrogens with zero attached hydrogens (tertiary/aromatic N) is 4. The summed E-state index contributed by atoms with van der Waals surface area (Å²) in [7, 11) is 5.77. The fourth-order valence-electron chi connectivity index (χ4n) is 2.74. The van der Waals surface area contributed by atoms with Gasteiger partial charge in [0.25, 0.3) is 0 Å². The molecule has 0 bridgehead atoms. The van der Waals surface area contributed by atoms with Crippen LogP contribution >= 0.6 is 0 Å². The molecule has 0 amide bonds. The van der Waals surface area contributed by atoms with Crippen LogP contribution in [0.15, 0.2) is 12.4 Å². The van der Waals surface area contributed by atoms with Gasteiger partial charge in [0.15, 0.2) is 0 Å². The van der Waals surface area contributed by atoms with Gasteiger partial charge in [0, 0.05) is 40.9 Å². The molecule has 1 aliphatic rings. The summed E-state index contributed by atoms with van der Waals surface area (Å²) in [5.74, 6) is 2.68. The summed E-state index contributed by atoms with van der Waals surface area (Å²) in [6.45, 7) is 3.05. The van der Waals surface area contributed by atoms with E-state index in [0.29, 0.717) is 0 Å². The molecule has 2 heterocycles. The Bertz CT molecular complexity index is 411. The molecule has 1 aromatic heterocycles. The van der Waals surface area contributed by atoms with Crippen LogP contribution in [0.3, 0.4) is 0 Å². The van der Waals surface area contributed by atoms with Gasteiger partial charge in [-0.05, 0) is 31.6 Å². The summed E-state index contributed by atoms with van der Waals surface area (Å²) in [6, 6.07) is 0. The molecule has 0 saturated carbocycles. The van der Waals surface area contributed by atoms with E-state index >= 15 is 0 Å². The van der Waals surface area contributed by atoms with Gasteiger partial charge in [-0.15, -0.1) is 0 Å². The summed E-state index contributed by atoms with van der Waals surface area (Å²) in [5.41, 5.74) is 0. The molecular formula is C15H26N4O. The number of hydrogen-bond donors (Lipinski definition) is 0. The van der Waals surface area contributed by atoms with Crippen molar-refractivity contribution in [1.29, 1.82) is 0 Å². The molecule has 1 saturated heterocycles. The zero-order chi connectivity index (χ0) is 14.4. The lowest BCUT2D eigenvalue weighted by Gasteiger charge is -2.33. The average Bonchev–Trinajstić information content (AvgIpc) is 2.48. The van der Waals surface area contributed by atoms with Crippen LogP contribution in [0.5, 0.6) is 0 Å². The number of piperidine rings is 1. The van der Waals surface area contributed by atoms with E-state index in [9.17, 15) is 0 Å². The number of hydrogen-bond acceptors (Lipinski definition) is 5. The zero-order valence-corrected chi connectivity index (χ0v) is 12.9. The molecule has 0 spiro atoms. The second-order valence-corrected chi connectivity index (χ2v) is 5.72. The number of methoxy groups -OCH3 is 1. The van der Waals surface area contributed by atoms with Gasteiger partial charge in [0.05, 0.1) is 12.4 Å². The number of aromatic nitrogens is 2. The van der Waals surface area contributed by atoms with E-state index < -0.39 is 0 Å². The molecule has 1 unspecified atom stereocenters. The first-order valence-electron chi connectivity index (χ1n) is 7.44. The highest BCUT2D eigenvalue weighted by Gasteiger charge is 2.21. The smallest absolute Gasteiger partial charge is 0.149 e. The lowest BCUT2D eigenvalue weighted by atomic mass is 9.93. The topological polar surface area (TPSA) is 41.5 Å². The normalized spacial score (nSPS) is 19.1. The molecule has 1 aliphatic heterocycles. The number of anilines is 2. The Morgan fingerprint density at radius 2 is 2.25 bits per heavy atom. The largest absolute Gasteiger partial charge is 0.385 e. The lowest BCUT2D eigenvalue weighted by molar-refractivity contribution is 0.184. The Kier molecular flexibility index (Phi) is 5.59. The first-order chi connectivity index (χ1) is 9.70. The Morgan fingerprint density at radius 3 is 3.00 bits per heavy atom. The van der Waals surface area contributed by atoms with Crippen molar-refractivity contribution >= 4 is 11.6 Å². The highest BCUT2D eigenvalue weighted by Crippen LogP contribution is 2.25. The van der Waals surface area contributed by atoms with Crippen LogP contribution in [-0.4, -0.2) is 50.9 Å². The van der Waals surface area contributed by atoms with Crippen molar-refractivity contribution in [2.45, 2.75) is 25.7 Å². The van der Waals surface area contributed by atoms with E-state index in [0.717, 1.165) is 43.7 Å². The van der Waals surface area contributed by atoms with Gasteiger partial charge >= 0.3 is 0 Å². The standard InChI is InChI=1S/C15H26N4O/c1-18(2)14-10-16-11-15(17-14)19-8-4-6-13(12-19)7-5-9-20-3/h10-11,13H,4-9,12H2,1-3H3. The highest BCUT2D eigenvalue weighted by atomic mass is 16.5. The van der Waals surface area contributed by atoms with Gasteiger partial charge in [-0.2, -0.15) is 0 Å². The lowest BCUT2D eigenvalue weighted by Crippen LogP contribution is -2.36. The van der Waals surface area contributed by atoms with Crippen molar-refractivity contribution in [3.63, 3.8) is 0 Å². The van der Waals surface area contributed by atoms with Crippen molar-refractivity contribution < 1.29 is 4.74 Å². The second kappa shape index (κ2) is 7.43. The van der Waals surface area contributed by atoms with Gasteiger partial charge in [0.2, 0.25) is 0 Å². The molecule has 1 aromatic rings. The molecule has 0 radical (unpaired) electrons. The van der Waals surface area contributed by atoms with Gasteiger partial charge in [-0.1, -0.05) is 0 Å². The van der Waals surface area contributed by atoms with Crippen molar-refractivity contribution in [2.24, 2.45) is 5.92 Å². The van der Waals surface area contributed by atoms with Gasteiger partial charge in [-0.3, -0.25) is 4.98 Å². The van der Waals surface area contributed by atoms with Crippen LogP contribution in [0, 0.1) is 5.92 Å². The molecule has 112 valence electrons. The predicted octanol–water partition coefficient (Wildman–Crippen LogP) is 2.19. The SMILES string of the molecule is COCCCC1CCCN(c2cncc(N(C)C)n2)C1. The van der Waals surface area contributed by atoms with E-state index in [-0.39, 0.29) is 0 Å². The zero-order valence-electron chi connectivity index (χ0n) is 12.9. The van der Waals surface area contributed by atoms with E-state index in [2.05, 4.69) is 9.88 Å². The average molecular weight is 278 g/mol. The predicted molar refractivity (Wildman–Crippen MR) is 82.4 cm³/mol. The Morgan fingerprint density at radius 1 is 1.40 bits per heavy atom. The molecule has 1 atom stereocenters. The quantitative estimate of drug-likeness (QED) is 0.746. The molecule has 20 heavy (non-hydrogen) atoms. The van der Waals surface area contributed by atoms with Crippen LogP contribution in [0.2, 0.25) is 0 Å². The monoisotopic (exact) mass is 278 g/mol. The van der Waals surface area contributed by atoms with Crippen molar-refractivity contribution in [1.82, 2.24) is 9.97 Å². The molecule has 0 aliphatic carbocycles. The Labute approximate surface area is 122 Å². The van der Waals surface area contributed by atoms with Gasteiger partial charge in [-0.25, -0.2) is 4.98 Å². The van der Waals surface area contributed by atoms with E-state index in [4.69, 9.17) is 9.72 Å². The van der Waals surface area contributed by atoms with Gasteiger partial charge in [0.1, 0.15) is 11.6 Å². The summed E-state index contributed by atoms with van der Waals surface area (Å²) in [4.78, 5) is 13.4. The van der Waals surface area contributed by atoms with Crippen LogP contribution in [0.4, 0.5) is 11.6 Å². The summed E-state index contributed by atoms with van der Waals surface area (Å²) < 4.78 is 5.14. The maximum Gasteiger partial charge on any atom is 0.149 e. The minimum Gasteiger partial charge on any atom is -0.385 e. The van der Waals surface area contributed by atoms with E-state index in [1.807, 2.05) is 31.4 Å². The van der Waals surface area contributed by atoms with Crippen molar-refractivity contribution in [3.05, 3.63) is 12.4 Å². The third-order valence-electron chi connectivity index (χ3n) is 3.87. The first-order valence-corrected chi connectivity index (χ1v) is 7.44. The summed E-state index contributed by atoms with van der Waals surface area (Å²) in [5, 5.41) is 0. The fourth-order valence-corrected chi connectivity index (χ4v) is 2.74. The van der Waals surface area contributed by atoms with Crippen LogP contribution in [0.25, 0.3) is 0 Å². The van der Waals surface area contributed by atoms with Crippen molar-refractivity contribution in [2.75, 3.05) is 50.7 Å². The minimum atomic E-state index is 0.753. The third-order valence-corrected chi connectivity index (χ3v) is 3.87. The number of rotatable bonds is 6. The summed E-state index contributed by atoms with van der Waals surface area (Å²) >= 11 is 0. The van der Waals surface area contributed by atoms with Crippen molar-refractivity contribution in [3.8, 4) is 0 Å². The van der Waals surface area contributed by atoms with Crippen LogP contribution in [-0.2, 0) is 4.74 Å². The second-order valence-electron chi connectivity index (χ2n) is 5.72. The Hall–Kier alpha value is -1.36. The molecule has 5 heteroatoms. The van der Waals surface area contributed by atoms with E-state index in [1.165, 1.54) is 19.3 Å². The molecule has 0 aromatic carbocycles. The molecular weight excluding hydrogens is 252 g/mol. The summed E-state index contributed by atoms with van der Waals surface area (Å²) in [6.07, 6.45) is 8.64. The first kappa shape index (κ1) is 15.0. The maximum absolute atomic E-state index is 5.14. The van der Waals surface area contributed by atoms with Gasteiger partial charge < -0.3 is 14.5 Å². The van der Waals surface area contributed by atoms with Crippen LogP contribution < -0.4 is 9.80 Å². The molecule has 1 fully saturated rings. The third kappa shape index (κ3) is 4.07. The highest BCUT2D eigenvalue weighted by molar-refractivity contribution is 5.44. The fraction of sp³-hybridized carbons (Fsp3) is 0.733. The minimum absolute atomic E-state index is 0.753. The molecule has 2 rings (SSSR count). The number of ether oxygens (including phenoxy) is 1. The maximum atomic E-state index is 5.14. The van der Waals surface area contributed by atoms with E-state index in [1.54, 1.807) is 7.11 Å². The molecule has 0 N–H and O–H groups in total. The molecule has 5 nitrogen and oxygen atoms in total. The van der Waals surface area contributed by atoms with Crippen LogP contribution in [0.1, 0.15) is 25.7 Å². The Balaban J connectivity index is 1.96.